The van der Waals surface area contributed by atoms with Crippen LogP contribution in [-0.4, -0.2) is 22.1 Å². The molecule has 5 nitrogen and oxygen atoms in total. The van der Waals surface area contributed by atoms with Gasteiger partial charge in [0.2, 0.25) is 0 Å². The molecule has 0 aliphatic carbocycles. The molecule has 1 amide bonds. The van der Waals surface area contributed by atoms with Crippen LogP contribution in [0, 0.1) is 11.8 Å². The van der Waals surface area contributed by atoms with Crippen molar-refractivity contribution in [2.75, 3.05) is 5.32 Å². The van der Waals surface area contributed by atoms with Crippen molar-refractivity contribution in [1.82, 2.24) is 0 Å². The third kappa shape index (κ3) is 3.85. The number of hydrogen-bond acceptors (Lipinski definition) is 3. The average Bonchev–Trinajstić information content (AvgIpc) is 2.48. The van der Waals surface area contributed by atoms with Gasteiger partial charge >= 0.3 is 11.9 Å². The highest BCUT2D eigenvalue weighted by molar-refractivity contribution is 6.05. The lowest BCUT2D eigenvalue weighted by Crippen LogP contribution is -2.09. The van der Waals surface area contributed by atoms with Crippen molar-refractivity contribution in [3.63, 3.8) is 0 Å². The maximum Gasteiger partial charge on any atom is 0.335 e. The molecule has 0 unspecified atom stereocenters. The Balaban J connectivity index is 2.10. The van der Waals surface area contributed by atoms with E-state index in [1.807, 2.05) is 6.07 Å². The van der Waals surface area contributed by atoms with E-state index in [1.165, 1.54) is 12.1 Å². The second kappa shape index (κ2) is 6.26. The smallest absolute Gasteiger partial charge is 0.335 e. The van der Waals surface area contributed by atoms with E-state index in [1.54, 1.807) is 24.3 Å². The lowest BCUT2D eigenvalue weighted by molar-refractivity contribution is -0.111. The fourth-order valence-electron chi connectivity index (χ4n) is 1.57. The van der Waals surface area contributed by atoms with Gasteiger partial charge in [-0.1, -0.05) is 24.1 Å². The van der Waals surface area contributed by atoms with Crippen LogP contribution >= 0.6 is 0 Å². The summed E-state index contributed by atoms with van der Waals surface area (Å²) in [5, 5.41) is 20.8. The molecule has 0 atom stereocenters. The van der Waals surface area contributed by atoms with Gasteiger partial charge < -0.3 is 15.5 Å². The van der Waals surface area contributed by atoms with Gasteiger partial charge in [0, 0.05) is 11.5 Å². The van der Waals surface area contributed by atoms with Crippen molar-refractivity contribution in [3.8, 4) is 17.6 Å². The second-order valence-corrected chi connectivity index (χ2v) is 4.11. The molecule has 0 radical (unpaired) electrons. The number of anilines is 1. The van der Waals surface area contributed by atoms with Crippen molar-refractivity contribution in [3.05, 3.63) is 59.7 Å². The summed E-state index contributed by atoms with van der Waals surface area (Å²) in [6, 6.07) is 12.6. The number of benzene rings is 2. The molecule has 0 bridgehead atoms. The van der Waals surface area contributed by atoms with Gasteiger partial charge in [-0.05, 0) is 30.3 Å². The number of hydrogen-bond donors (Lipinski definition) is 3. The number of carboxylic acid groups (broad SMARTS) is 1. The summed E-state index contributed by atoms with van der Waals surface area (Å²) < 4.78 is 0. The van der Waals surface area contributed by atoms with Crippen LogP contribution in [-0.2, 0) is 4.79 Å². The molecule has 5 heteroatoms. The Kier molecular flexibility index (Phi) is 4.22. The first-order chi connectivity index (χ1) is 10.1. The minimum Gasteiger partial charge on any atom is -0.506 e. The van der Waals surface area contributed by atoms with E-state index >= 15 is 0 Å². The molecule has 0 saturated heterocycles. The predicted octanol–water partition coefficient (Wildman–Crippen LogP) is 2.08. The summed E-state index contributed by atoms with van der Waals surface area (Å²) in [6.45, 7) is 0. The van der Waals surface area contributed by atoms with Gasteiger partial charge in [0.15, 0.2) is 0 Å². The molecule has 104 valence electrons. The SMILES string of the molecule is O=C(C#Cc1ccccc1)Nc1ccc(C(=O)O)cc1O. The first-order valence-electron chi connectivity index (χ1n) is 6.00. The summed E-state index contributed by atoms with van der Waals surface area (Å²) in [6.07, 6.45) is 0. The molecule has 0 aliphatic rings. The predicted molar refractivity (Wildman–Crippen MR) is 77.0 cm³/mol. The first-order valence-corrected chi connectivity index (χ1v) is 6.00. The first kappa shape index (κ1) is 14.2. The minimum atomic E-state index is -1.16. The zero-order valence-corrected chi connectivity index (χ0v) is 10.8. The van der Waals surface area contributed by atoms with Gasteiger partial charge in [0.05, 0.1) is 11.3 Å². The molecule has 0 saturated carbocycles. The number of nitrogens with one attached hydrogen (secondary N) is 1. The number of carboxylic acids is 1. The fraction of sp³-hybridized carbons (Fsp3) is 0. The molecule has 2 aromatic rings. The molecule has 3 N–H and O–H groups in total. The van der Waals surface area contributed by atoms with Crippen LogP contribution in [0.25, 0.3) is 0 Å². The van der Waals surface area contributed by atoms with Crippen LogP contribution in [0.5, 0.6) is 5.75 Å². The topological polar surface area (TPSA) is 86.6 Å². The lowest BCUT2D eigenvalue weighted by atomic mass is 10.2. The molecule has 2 rings (SSSR count). The molecule has 2 aromatic carbocycles. The number of amides is 1. The zero-order chi connectivity index (χ0) is 15.2. The third-order valence-corrected chi connectivity index (χ3v) is 2.59. The maximum atomic E-state index is 11.6. The van der Waals surface area contributed by atoms with E-state index in [4.69, 9.17) is 5.11 Å². The van der Waals surface area contributed by atoms with Crippen LogP contribution < -0.4 is 5.32 Å². The van der Waals surface area contributed by atoms with Crippen molar-refractivity contribution >= 4 is 17.6 Å². The number of aromatic hydroxyl groups is 1. The molecule has 21 heavy (non-hydrogen) atoms. The fourth-order valence-corrected chi connectivity index (χ4v) is 1.57. The monoisotopic (exact) mass is 281 g/mol. The lowest BCUT2D eigenvalue weighted by Gasteiger charge is -2.04. The Morgan fingerprint density at radius 2 is 1.76 bits per heavy atom. The van der Waals surface area contributed by atoms with E-state index in [2.05, 4.69) is 17.2 Å². The molecule has 0 heterocycles. The zero-order valence-electron chi connectivity index (χ0n) is 10.8. The van der Waals surface area contributed by atoms with Crippen molar-refractivity contribution in [1.29, 1.82) is 0 Å². The number of carbonyl (C=O) groups excluding carboxylic acids is 1. The number of rotatable bonds is 2. The number of phenols is 1. The minimum absolute atomic E-state index is 0.0686. The number of phenolic OH excluding ortho intramolecular Hbond substituents is 1. The largest absolute Gasteiger partial charge is 0.506 e. The van der Waals surface area contributed by atoms with Crippen LogP contribution in [0.15, 0.2) is 48.5 Å². The highest BCUT2D eigenvalue weighted by atomic mass is 16.4. The molecule has 0 fully saturated rings. The van der Waals surface area contributed by atoms with Crippen molar-refractivity contribution in [2.45, 2.75) is 0 Å². The van der Waals surface area contributed by atoms with Crippen LogP contribution in [0.2, 0.25) is 0 Å². The standard InChI is InChI=1S/C16H11NO4/c18-14-10-12(16(20)21)7-8-13(14)17-15(19)9-6-11-4-2-1-3-5-11/h1-5,7-8,10,18H,(H,17,19)(H,20,21). The van der Waals surface area contributed by atoms with Gasteiger partial charge in [0.25, 0.3) is 0 Å². The van der Waals surface area contributed by atoms with Gasteiger partial charge in [-0.2, -0.15) is 0 Å². The normalized spacial score (nSPS) is 9.33. The summed E-state index contributed by atoms with van der Waals surface area (Å²) >= 11 is 0. The molecular weight excluding hydrogens is 270 g/mol. The third-order valence-electron chi connectivity index (χ3n) is 2.59. The van der Waals surface area contributed by atoms with Gasteiger partial charge in [-0.15, -0.1) is 0 Å². The van der Waals surface area contributed by atoms with Crippen molar-refractivity contribution in [2.24, 2.45) is 0 Å². The molecule has 0 aliphatic heterocycles. The number of aromatic carboxylic acids is 1. The summed E-state index contributed by atoms with van der Waals surface area (Å²) in [5.74, 6) is 2.97. The Morgan fingerprint density at radius 3 is 2.38 bits per heavy atom. The summed E-state index contributed by atoms with van der Waals surface area (Å²) in [5.41, 5.74) is 0.728. The van der Waals surface area contributed by atoms with Crippen molar-refractivity contribution < 1.29 is 19.8 Å². The van der Waals surface area contributed by atoms with E-state index in [0.29, 0.717) is 5.56 Å². The Morgan fingerprint density at radius 1 is 1.05 bits per heavy atom. The van der Waals surface area contributed by atoms with Gasteiger partial charge in [-0.3, -0.25) is 4.79 Å². The molecule has 0 spiro atoms. The highest BCUT2D eigenvalue weighted by Crippen LogP contribution is 2.24. The van der Waals surface area contributed by atoms with Crippen LogP contribution in [0.1, 0.15) is 15.9 Å². The van der Waals surface area contributed by atoms with Crippen LogP contribution in [0.3, 0.4) is 0 Å². The maximum absolute atomic E-state index is 11.6. The van der Waals surface area contributed by atoms with E-state index in [-0.39, 0.29) is 17.0 Å². The quantitative estimate of drug-likeness (QED) is 0.581. The Hall–Kier alpha value is -3.26. The highest BCUT2D eigenvalue weighted by Gasteiger charge is 2.08. The van der Waals surface area contributed by atoms with Gasteiger partial charge in [-0.25, -0.2) is 4.79 Å². The van der Waals surface area contributed by atoms with Crippen LogP contribution in [0.4, 0.5) is 5.69 Å². The number of carbonyl (C=O) groups is 2. The van der Waals surface area contributed by atoms with E-state index in [9.17, 15) is 14.7 Å². The van der Waals surface area contributed by atoms with E-state index < -0.39 is 11.9 Å². The Labute approximate surface area is 120 Å². The molecular formula is C16H11NO4. The average molecular weight is 281 g/mol. The Bertz CT molecular complexity index is 742. The summed E-state index contributed by atoms with van der Waals surface area (Å²) in [4.78, 5) is 22.4. The van der Waals surface area contributed by atoms with Gasteiger partial charge in [0.1, 0.15) is 5.75 Å². The molecule has 0 aromatic heterocycles. The summed E-state index contributed by atoms with van der Waals surface area (Å²) in [7, 11) is 0. The second-order valence-electron chi connectivity index (χ2n) is 4.11. The van der Waals surface area contributed by atoms with E-state index in [0.717, 1.165) is 6.07 Å².